The molecule has 0 spiro atoms. The summed E-state index contributed by atoms with van der Waals surface area (Å²) in [6, 6.07) is 7.85. The molecule has 1 aliphatic carbocycles. The molecular weight excluding hydrogens is 361 g/mol. The number of likely N-dealkylation sites (N-methyl/N-ethyl adjacent to an activating group) is 1. The number of nitrogens with zero attached hydrogens (tertiary/aromatic N) is 1. The number of halogens is 2. The molecule has 0 bridgehead atoms. The summed E-state index contributed by atoms with van der Waals surface area (Å²) >= 11 is 0. The third-order valence-electron chi connectivity index (χ3n) is 4.36. The van der Waals surface area contributed by atoms with Crippen LogP contribution in [0.5, 0.6) is 5.75 Å². The zero-order chi connectivity index (χ0) is 16.7. The van der Waals surface area contributed by atoms with Gasteiger partial charge in [-0.15, -0.1) is 24.8 Å². The number of benzene rings is 1. The van der Waals surface area contributed by atoms with Gasteiger partial charge in [-0.2, -0.15) is 0 Å². The minimum atomic E-state index is -0.682. The SMILES string of the molecule is CN(C)CCOc1cccc(CNC(=O)C2(N)CCCCC2)c1.Cl.Cl. The molecule has 144 valence electrons. The molecule has 0 radical (unpaired) electrons. The van der Waals surface area contributed by atoms with Crippen LogP contribution in [0.2, 0.25) is 0 Å². The monoisotopic (exact) mass is 391 g/mol. The number of nitrogens with two attached hydrogens (primary N) is 1. The van der Waals surface area contributed by atoms with Crippen LogP contribution in [0.3, 0.4) is 0 Å². The average Bonchev–Trinajstić information content (AvgIpc) is 2.53. The van der Waals surface area contributed by atoms with Crippen LogP contribution < -0.4 is 15.8 Å². The average molecular weight is 392 g/mol. The lowest BCUT2D eigenvalue weighted by atomic mass is 9.82. The van der Waals surface area contributed by atoms with E-state index in [9.17, 15) is 4.79 Å². The zero-order valence-corrected chi connectivity index (χ0v) is 16.8. The van der Waals surface area contributed by atoms with E-state index in [0.29, 0.717) is 13.2 Å². The first-order valence-electron chi connectivity index (χ1n) is 8.43. The molecule has 1 aromatic carbocycles. The molecule has 0 saturated heterocycles. The predicted molar refractivity (Wildman–Crippen MR) is 107 cm³/mol. The van der Waals surface area contributed by atoms with Crippen molar-refractivity contribution in [3.05, 3.63) is 29.8 Å². The Morgan fingerprint density at radius 1 is 1.24 bits per heavy atom. The number of amides is 1. The molecule has 7 heteroatoms. The fourth-order valence-corrected chi connectivity index (χ4v) is 2.86. The Bertz CT molecular complexity index is 521. The normalized spacial score (nSPS) is 15.7. The Labute approximate surface area is 163 Å². The van der Waals surface area contributed by atoms with Crippen LogP contribution in [0.4, 0.5) is 0 Å². The van der Waals surface area contributed by atoms with E-state index in [0.717, 1.165) is 43.5 Å². The van der Waals surface area contributed by atoms with Crippen LogP contribution >= 0.6 is 24.8 Å². The maximum absolute atomic E-state index is 12.4. The zero-order valence-electron chi connectivity index (χ0n) is 15.1. The lowest BCUT2D eigenvalue weighted by molar-refractivity contribution is -0.127. The summed E-state index contributed by atoms with van der Waals surface area (Å²) < 4.78 is 5.72. The van der Waals surface area contributed by atoms with E-state index in [4.69, 9.17) is 10.5 Å². The van der Waals surface area contributed by atoms with Crippen molar-refractivity contribution in [1.82, 2.24) is 10.2 Å². The van der Waals surface area contributed by atoms with Crippen LogP contribution in [-0.2, 0) is 11.3 Å². The lowest BCUT2D eigenvalue weighted by Crippen LogP contribution is -2.54. The van der Waals surface area contributed by atoms with Gasteiger partial charge in [0.15, 0.2) is 0 Å². The Balaban J connectivity index is 0.00000288. The van der Waals surface area contributed by atoms with Crippen molar-refractivity contribution in [3.63, 3.8) is 0 Å². The van der Waals surface area contributed by atoms with E-state index in [1.54, 1.807) is 0 Å². The third kappa shape index (κ3) is 7.82. The molecule has 25 heavy (non-hydrogen) atoms. The fraction of sp³-hybridized carbons (Fsp3) is 0.611. The number of nitrogens with one attached hydrogen (secondary N) is 1. The highest BCUT2D eigenvalue weighted by Crippen LogP contribution is 2.26. The number of hydrogen-bond acceptors (Lipinski definition) is 4. The van der Waals surface area contributed by atoms with E-state index in [1.807, 2.05) is 38.4 Å². The number of hydrogen-bond donors (Lipinski definition) is 2. The van der Waals surface area contributed by atoms with Crippen LogP contribution in [0.15, 0.2) is 24.3 Å². The van der Waals surface area contributed by atoms with Gasteiger partial charge < -0.3 is 20.7 Å². The summed E-state index contributed by atoms with van der Waals surface area (Å²) in [6.45, 7) is 2.01. The van der Waals surface area contributed by atoms with Crippen molar-refractivity contribution < 1.29 is 9.53 Å². The number of rotatable bonds is 7. The van der Waals surface area contributed by atoms with Gasteiger partial charge in [0.1, 0.15) is 12.4 Å². The van der Waals surface area contributed by atoms with Gasteiger partial charge in [0.2, 0.25) is 5.91 Å². The molecule has 5 nitrogen and oxygen atoms in total. The van der Waals surface area contributed by atoms with Crippen molar-refractivity contribution in [2.24, 2.45) is 5.73 Å². The number of carbonyl (C=O) groups excluding carboxylic acids is 1. The van der Waals surface area contributed by atoms with Gasteiger partial charge in [-0.05, 0) is 44.6 Å². The molecule has 0 atom stereocenters. The van der Waals surface area contributed by atoms with E-state index in [2.05, 4.69) is 10.2 Å². The van der Waals surface area contributed by atoms with Crippen LogP contribution in [0.1, 0.15) is 37.7 Å². The second kappa shape index (κ2) is 11.6. The Morgan fingerprint density at radius 2 is 1.92 bits per heavy atom. The van der Waals surface area contributed by atoms with E-state index >= 15 is 0 Å². The molecule has 1 aromatic rings. The highest BCUT2D eigenvalue weighted by atomic mass is 35.5. The summed E-state index contributed by atoms with van der Waals surface area (Å²) in [5.41, 5.74) is 6.59. The molecule has 1 saturated carbocycles. The lowest BCUT2D eigenvalue weighted by Gasteiger charge is -2.31. The van der Waals surface area contributed by atoms with Gasteiger partial charge in [-0.3, -0.25) is 4.79 Å². The van der Waals surface area contributed by atoms with Crippen molar-refractivity contribution in [2.45, 2.75) is 44.2 Å². The van der Waals surface area contributed by atoms with Crippen LogP contribution in [0.25, 0.3) is 0 Å². The van der Waals surface area contributed by atoms with E-state index in [-0.39, 0.29) is 30.7 Å². The molecule has 0 aliphatic heterocycles. The first kappa shape index (κ1) is 24.0. The first-order valence-corrected chi connectivity index (χ1v) is 8.43. The van der Waals surface area contributed by atoms with Crippen molar-refractivity contribution in [2.75, 3.05) is 27.2 Å². The summed E-state index contributed by atoms with van der Waals surface area (Å²) in [4.78, 5) is 14.4. The molecule has 2 rings (SSSR count). The van der Waals surface area contributed by atoms with Crippen molar-refractivity contribution in [3.8, 4) is 5.75 Å². The number of carbonyl (C=O) groups is 1. The van der Waals surface area contributed by atoms with Gasteiger partial charge >= 0.3 is 0 Å². The molecule has 0 aromatic heterocycles. The smallest absolute Gasteiger partial charge is 0.240 e. The van der Waals surface area contributed by atoms with Gasteiger partial charge in [0.05, 0.1) is 5.54 Å². The first-order chi connectivity index (χ1) is 11.0. The maximum atomic E-state index is 12.4. The molecule has 3 N–H and O–H groups in total. The summed E-state index contributed by atoms with van der Waals surface area (Å²) in [6.07, 6.45) is 4.83. The molecule has 0 unspecified atom stereocenters. The molecule has 1 fully saturated rings. The van der Waals surface area contributed by atoms with Gasteiger partial charge in [-0.1, -0.05) is 31.4 Å². The molecule has 0 heterocycles. The number of ether oxygens (including phenoxy) is 1. The molecular formula is C18H31Cl2N3O2. The van der Waals surface area contributed by atoms with Gasteiger partial charge in [-0.25, -0.2) is 0 Å². The highest BCUT2D eigenvalue weighted by molar-refractivity contribution is 5.86. The second-order valence-electron chi connectivity index (χ2n) is 6.70. The van der Waals surface area contributed by atoms with Gasteiger partial charge in [0.25, 0.3) is 0 Å². The summed E-state index contributed by atoms with van der Waals surface area (Å²) in [5, 5.41) is 2.98. The second-order valence-corrected chi connectivity index (χ2v) is 6.70. The van der Waals surface area contributed by atoms with Crippen LogP contribution in [0, 0.1) is 0 Å². The van der Waals surface area contributed by atoms with E-state index in [1.165, 1.54) is 6.42 Å². The predicted octanol–water partition coefficient (Wildman–Crippen LogP) is 2.75. The van der Waals surface area contributed by atoms with Crippen molar-refractivity contribution >= 4 is 30.7 Å². The Hall–Kier alpha value is -1.01. The van der Waals surface area contributed by atoms with Crippen molar-refractivity contribution in [1.29, 1.82) is 0 Å². The van der Waals surface area contributed by atoms with E-state index < -0.39 is 5.54 Å². The minimum Gasteiger partial charge on any atom is -0.492 e. The molecule has 1 amide bonds. The topological polar surface area (TPSA) is 67.6 Å². The maximum Gasteiger partial charge on any atom is 0.240 e. The summed E-state index contributed by atoms with van der Waals surface area (Å²) in [5.74, 6) is 0.801. The highest BCUT2D eigenvalue weighted by Gasteiger charge is 2.34. The minimum absolute atomic E-state index is 0. The summed E-state index contributed by atoms with van der Waals surface area (Å²) in [7, 11) is 4.03. The third-order valence-corrected chi connectivity index (χ3v) is 4.36. The molecule has 1 aliphatic rings. The quantitative estimate of drug-likeness (QED) is 0.749. The van der Waals surface area contributed by atoms with Gasteiger partial charge in [0, 0.05) is 13.1 Å². The largest absolute Gasteiger partial charge is 0.492 e. The fourth-order valence-electron chi connectivity index (χ4n) is 2.86. The Kier molecular flexibility index (Phi) is 11.1. The Morgan fingerprint density at radius 3 is 2.56 bits per heavy atom. The van der Waals surface area contributed by atoms with Crippen LogP contribution in [-0.4, -0.2) is 43.6 Å². The standard InChI is InChI=1S/C18H29N3O2.2ClH/c1-21(2)11-12-23-16-8-6-7-15(13-16)14-20-17(22)18(19)9-4-3-5-10-18;;/h6-8,13H,3-5,9-12,14,19H2,1-2H3,(H,20,22);2*1H.